The second kappa shape index (κ2) is 7.75. The molecule has 0 radical (unpaired) electrons. The number of aryl methyl sites for hydroxylation is 2. The van der Waals surface area contributed by atoms with Crippen LogP contribution in [0.2, 0.25) is 5.02 Å². The molecule has 0 unspecified atom stereocenters. The van der Waals surface area contributed by atoms with E-state index in [0.29, 0.717) is 29.2 Å². The Kier molecular flexibility index (Phi) is 5.41. The lowest BCUT2D eigenvalue weighted by atomic mass is 10.1. The molecule has 0 spiro atoms. The number of nitrogens with one attached hydrogen (secondary N) is 2. The number of rotatable bonds is 5. The third kappa shape index (κ3) is 3.93. The van der Waals surface area contributed by atoms with E-state index in [9.17, 15) is 9.59 Å². The van der Waals surface area contributed by atoms with E-state index in [0.717, 1.165) is 17.8 Å². The van der Waals surface area contributed by atoms with Crippen molar-refractivity contribution in [3.8, 4) is 11.3 Å². The van der Waals surface area contributed by atoms with E-state index in [2.05, 4.69) is 20.4 Å². The van der Waals surface area contributed by atoms with Crippen molar-refractivity contribution in [2.75, 3.05) is 0 Å². The van der Waals surface area contributed by atoms with E-state index in [1.165, 1.54) is 0 Å². The first-order chi connectivity index (χ1) is 12.9. The molecule has 2 N–H and O–H groups in total. The normalized spacial score (nSPS) is 10.8. The van der Waals surface area contributed by atoms with Crippen molar-refractivity contribution in [1.82, 2.24) is 25.1 Å². The number of amides is 1. The molecule has 7 nitrogen and oxygen atoms in total. The fraction of sp³-hybridized carbons (Fsp3) is 0.263. The molecule has 140 valence electrons. The van der Waals surface area contributed by atoms with Gasteiger partial charge in [0.15, 0.2) is 0 Å². The number of carbonyl (C=O) groups excluding carboxylic acids is 1. The number of benzene rings is 1. The second-order valence-corrected chi connectivity index (χ2v) is 6.53. The summed E-state index contributed by atoms with van der Waals surface area (Å²) in [5.74, 6) is 0.232. The Morgan fingerprint density at radius 2 is 2.11 bits per heavy atom. The van der Waals surface area contributed by atoms with Gasteiger partial charge >= 0.3 is 0 Å². The lowest BCUT2D eigenvalue weighted by Crippen LogP contribution is -2.23. The van der Waals surface area contributed by atoms with Crippen molar-refractivity contribution in [1.29, 1.82) is 0 Å². The van der Waals surface area contributed by atoms with Crippen LogP contribution in [0.15, 0.2) is 35.3 Å². The largest absolute Gasteiger partial charge is 0.348 e. The van der Waals surface area contributed by atoms with E-state index < -0.39 is 5.56 Å². The quantitative estimate of drug-likeness (QED) is 0.706. The first kappa shape index (κ1) is 18.8. The van der Waals surface area contributed by atoms with Crippen LogP contribution in [0.5, 0.6) is 0 Å². The molecule has 0 saturated carbocycles. The van der Waals surface area contributed by atoms with E-state index in [1.807, 2.05) is 18.5 Å². The van der Waals surface area contributed by atoms with Crippen LogP contribution < -0.4 is 10.9 Å². The molecule has 0 aliphatic heterocycles. The number of halogens is 1. The molecule has 0 bridgehead atoms. The van der Waals surface area contributed by atoms with Gasteiger partial charge in [-0.3, -0.25) is 14.3 Å². The summed E-state index contributed by atoms with van der Waals surface area (Å²) in [6.07, 6.45) is 1.76. The molecule has 0 fully saturated rings. The van der Waals surface area contributed by atoms with Crippen LogP contribution in [0.3, 0.4) is 0 Å². The molecule has 3 aromatic rings. The van der Waals surface area contributed by atoms with E-state index in [1.54, 1.807) is 37.4 Å². The smallest absolute Gasteiger partial charge is 0.270 e. The van der Waals surface area contributed by atoms with Gasteiger partial charge in [-0.05, 0) is 32.9 Å². The average molecular weight is 386 g/mol. The van der Waals surface area contributed by atoms with E-state index in [4.69, 9.17) is 11.6 Å². The van der Waals surface area contributed by atoms with Crippen LogP contribution in [0.25, 0.3) is 11.3 Å². The molecule has 3 rings (SSSR count). The number of nitrogens with zero attached hydrogens (tertiary/aromatic N) is 3. The van der Waals surface area contributed by atoms with Gasteiger partial charge in [0.1, 0.15) is 10.8 Å². The van der Waals surface area contributed by atoms with Crippen molar-refractivity contribution in [3.05, 3.63) is 68.5 Å². The number of aromatic nitrogens is 4. The van der Waals surface area contributed by atoms with Gasteiger partial charge in [-0.2, -0.15) is 5.10 Å². The first-order valence-electron chi connectivity index (χ1n) is 8.57. The van der Waals surface area contributed by atoms with Gasteiger partial charge in [0.25, 0.3) is 11.5 Å². The highest BCUT2D eigenvalue weighted by Gasteiger charge is 2.13. The third-order valence-electron chi connectivity index (χ3n) is 4.32. The van der Waals surface area contributed by atoms with Crippen LogP contribution >= 0.6 is 11.6 Å². The predicted molar refractivity (Wildman–Crippen MR) is 104 cm³/mol. The minimum Gasteiger partial charge on any atom is -0.348 e. The summed E-state index contributed by atoms with van der Waals surface area (Å²) >= 11 is 6.09. The average Bonchev–Trinajstić information content (AvgIpc) is 3.02. The number of hydrogen-bond donors (Lipinski definition) is 2. The summed E-state index contributed by atoms with van der Waals surface area (Å²) in [6.45, 7) is 6.84. The summed E-state index contributed by atoms with van der Waals surface area (Å²) in [4.78, 5) is 31.2. The van der Waals surface area contributed by atoms with Crippen LogP contribution in [0.1, 0.15) is 34.4 Å². The standard InChI is InChI=1S/C19H20ClN5O2/c1-4-25-11(2)15(10-22-25)9-21-18(26)14-7-5-6-13(8-14)17-16(20)19(27)24-12(3)23-17/h5-8,10H,4,9H2,1-3H3,(H,21,26)(H,23,24,27). The zero-order chi connectivity index (χ0) is 19.6. The molecule has 0 saturated heterocycles. The highest BCUT2D eigenvalue weighted by molar-refractivity contribution is 6.32. The molecule has 2 aromatic heterocycles. The Morgan fingerprint density at radius 3 is 2.81 bits per heavy atom. The van der Waals surface area contributed by atoms with Gasteiger partial charge in [-0.25, -0.2) is 4.98 Å². The zero-order valence-electron chi connectivity index (χ0n) is 15.3. The minimum atomic E-state index is -0.405. The summed E-state index contributed by atoms with van der Waals surface area (Å²) in [5.41, 5.74) is 3.02. The highest BCUT2D eigenvalue weighted by atomic mass is 35.5. The molecular weight excluding hydrogens is 366 g/mol. The van der Waals surface area contributed by atoms with Crippen LogP contribution in [0, 0.1) is 13.8 Å². The molecular formula is C19H20ClN5O2. The van der Waals surface area contributed by atoms with Crippen molar-refractivity contribution in [3.63, 3.8) is 0 Å². The Hall–Kier alpha value is -2.93. The summed E-state index contributed by atoms with van der Waals surface area (Å²) in [5, 5.41) is 7.17. The number of H-pyrrole nitrogens is 1. The maximum atomic E-state index is 12.5. The highest BCUT2D eigenvalue weighted by Crippen LogP contribution is 2.23. The molecule has 8 heteroatoms. The molecule has 2 heterocycles. The summed E-state index contributed by atoms with van der Waals surface area (Å²) < 4.78 is 1.88. The zero-order valence-corrected chi connectivity index (χ0v) is 16.1. The van der Waals surface area contributed by atoms with E-state index >= 15 is 0 Å². The van der Waals surface area contributed by atoms with Crippen molar-refractivity contribution in [2.45, 2.75) is 33.9 Å². The molecule has 1 aromatic carbocycles. The first-order valence-corrected chi connectivity index (χ1v) is 8.94. The lowest BCUT2D eigenvalue weighted by molar-refractivity contribution is 0.0951. The Balaban J connectivity index is 1.82. The molecule has 0 atom stereocenters. The molecule has 0 aliphatic rings. The SMILES string of the molecule is CCn1ncc(CNC(=O)c2cccc(-c3nc(C)[nH]c(=O)c3Cl)c2)c1C. The summed E-state index contributed by atoms with van der Waals surface area (Å²) in [7, 11) is 0. The van der Waals surface area contributed by atoms with Gasteiger partial charge in [0.2, 0.25) is 0 Å². The number of aromatic amines is 1. The monoisotopic (exact) mass is 385 g/mol. The van der Waals surface area contributed by atoms with Gasteiger partial charge in [0.05, 0.1) is 11.9 Å². The van der Waals surface area contributed by atoms with Gasteiger partial charge in [0, 0.05) is 35.5 Å². The third-order valence-corrected chi connectivity index (χ3v) is 4.67. The Bertz CT molecular complexity index is 1050. The molecule has 1 amide bonds. The van der Waals surface area contributed by atoms with E-state index in [-0.39, 0.29) is 10.9 Å². The van der Waals surface area contributed by atoms with Crippen LogP contribution in [-0.2, 0) is 13.1 Å². The Labute approximate surface area is 161 Å². The summed E-state index contributed by atoms with van der Waals surface area (Å²) in [6, 6.07) is 6.87. The number of hydrogen-bond acceptors (Lipinski definition) is 4. The van der Waals surface area contributed by atoms with Crippen molar-refractivity contribution in [2.24, 2.45) is 0 Å². The maximum Gasteiger partial charge on any atom is 0.270 e. The lowest BCUT2D eigenvalue weighted by Gasteiger charge is -2.08. The fourth-order valence-electron chi connectivity index (χ4n) is 2.83. The minimum absolute atomic E-state index is 0.000706. The fourth-order valence-corrected chi connectivity index (χ4v) is 3.02. The second-order valence-electron chi connectivity index (χ2n) is 6.15. The van der Waals surface area contributed by atoms with Gasteiger partial charge < -0.3 is 10.3 Å². The molecule has 27 heavy (non-hydrogen) atoms. The van der Waals surface area contributed by atoms with Crippen LogP contribution in [0.4, 0.5) is 0 Å². The topological polar surface area (TPSA) is 92.7 Å². The maximum absolute atomic E-state index is 12.5. The molecule has 0 aliphatic carbocycles. The van der Waals surface area contributed by atoms with Crippen LogP contribution in [-0.4, -0.2) is 25.7 Å². The Morgan fingerprint density at radius 1 is 1.33 bits per heavy atom. The van der Waals surface area contributed by atoms with Gasteiger partial charge in [-0.15, -0.1) is 0 Å². The predicted octanol–water partition coefficient (Wildman–Crippen LogP) is 2.85. The van der Waals surface area contributed by atoms with Gasteiger partial charge in [-0.1, -0.05) is 23.7 Å². The van der Waals surface area contributed by atoms with Crippen molar-refractivity contribution >= 4 is 17.5 Å². The van der Waals surface area contributed by atoms with Crippen molar-refractivity contribution < 1.29 is 4.79 Å². The number of carbonyl (C=O) groups is 1.